The molecule has 1 atom stereocenters. The van der Waals surface area contributed by atoms with E-state index < -0.39 is 41.8 Å². The van der Waals surface area contributed by atoms with Crippen molar-refractivity contribution in [2.24, 2.45) is 0 Å². The van der Waals surface area contributed by atoms with E-state index in [1.165, 1.54) is 30.3 Å². The first-order valence-electron chi connectivity index (χ1n) is 10.3. The molecule has 1 fully saturated rings. The van der Waals surface area contributed by atoms with E-state index in [2.05, 4.69) is 5.32 Å². The standard InChI is InChI=1S/C23H21N3O9/c1-13(27)34-17-9-8-16(12-18(17)35-14(2)28)25-10-11-26(21(30)20(25)29)23(33)24-19(22(31)32)15-6-4-3-5-7-15/h3-9,12,19H,10-11H2,1-2H3,(H,24,33)(H,31,32)/t19-/m1/s1. The van der Waals surface area contributed by atoms with Crippen LogP contribution >= 0.6 is 0 Å². The van der Waals surface area contributed by atoms with Crippen LogP contribution in [0.25, 0.3) is 0 Å². The van der Waals surface area contributed by atoms with Crippen molar-refractivity contribution in [2.45, 2.75) is 19.9 Å². The topological polar surface area (TPSA) is 160 Å². The Morgan fingerprint density at radius 3 is 2.11 bits per heavy atom. The molecule has 3 rings (SSSR count). The van der Waals surface area contributed by atoms with Crippen molar-refractivity contribution in [2.75, 3.05) is 18.0 Å². The molecular formula is C23H21N3O9. The maximum absolute atomic E-state index is 12.8. The lowest BCUT2D eigenvalue weighted by molar-refractivity contribution is -0.144. The fourth-order valence-corrected chi connectivity index (χ4v) is 3.35. The largest absolute Gasteiger partial charge is 0.479 e. The molecule has 0 spiro atoms. The lowest BCUT2D eigenvalue weighted by Crippen LogP contribution is -2.59. The summed E-state index contributed by atoms with van der Waals surface area (Å²) in [6.45, 7) is 1.94. The summed E-state index contributed by atoms with van der Waals surface area (Å²) in [5.74, 6) is -5.14. The Hall–Kier alpha value is -4.74. The number of hydrogen-bond acceptors (Lipinski definition) is 8. The van der Waals surface area contributed by atoms with Gasteiger partial charge in [-0.05, 0) is 17.7 Å². The Labute approximate surface area is 199 Å². The van der Waals surface area contributed by atoms with E-state index in [0.29, 0.717) is 4.90 Å². The number of amides is 4. The number of esters is 2. The predicted octanol–water partition coefficient (Wildman–Crippen LogP) is 1.25. The maximum atomic E-state index is 12.8. The first-order chi connectivity index (χ1) is 16.6. The van der Waals surface area contributed by atoms with Crippen LogP contribution in [0.2, 0.25) is 0 Å². The second-order valence-electron chi connectivity index (χ2n) is 7.36. The normalized spacial score (nSPS) is 14.2. The SMILES string of the molecule is CC(=O)Oc1ccc(N2CCN(C(=O)N[C@@H](C(=O)O)c3ccccc3)C(=O)C2=O)cc1OC(C)=O. The van der Waals surface area contributed by atoms with Gasteiger partial charge in [-0.2, -0.15) is 0 Å². The van der Waals surface area contributed by atoms with Gasteiger partial charge in [0.25, 0.3) is 0 Å². The van der Waals surface area contributed by atoms with E-state index in [9.17, 15) is 33.9 Å². The second-order valence-corrected chi connectivity index (χ2v) is 7.36. The van der Waals surface area contributed by atoms with Crippen LogP contribution in [0.3, 0.4) is 0 Å². The number of rotatable bonds is 6. The lowest BCUT2D eigenvalue weighted by Gasteiger charge is -2.33. The van der Waals surface area contributed by atoms with Crippen LogP contribution < -0.4 is 19.7 Å². The molecule has 0 radical (unpaired) electrons. The molecule has 0 aromatic heterocycles. The van der Waals surface area contributed by atoms with Crippen molar-refractivity contribution in [1.29, 1.82) is 0 Å². The van der Waals surface area contributed by atoms with Gasteiger partial charge in [0.1, 0.15) is 0 Å². The van der Waals surface area contributed by atoms with Crippen LogP contribution in [0.5, 0.6) is 11.5 Å². The number of imide groups is 1. The molecule has 1 saturated heterocycles. The fourth-order valence-electron chi connectivity index (χ4n) is 3.35. The number of anilines is 1. The molecule has 182 valence electrons. The highest BCUT2D eigenvalue weighted by molar-refractivity contribution is 6.43. The van der Waals surface area contributed by atoms with Gasteiger partial charge in [0, 0.05) is 38.7 Å². The molecule has 2 aromatic carbocycles. The number of nitrogens with one attached hydrogen (secondary N) is 1. The predicted molar refractivity (Wildman–Crippen MR) is 118 cm³/mol. The van der Waals surface area contributed by atoms with Gasteiger partial charge < -0.3 is 24.8 Å². The second kappa shape index (κ2) is 10.5. The van der Waals surface area contributed by atoms with E-state index in [4.69, 9.17) is 9.47 Å². The number of urea groups is 1. The number of carboxylic acids is 1. The summed E-state index contributed by atoms with van der Waals surface area (Å²) in [4.78, 5) is 74.2. The zero-order valence-corrected chi connectivity index (χ0v) is 18.7. The van der Waals surface area contributed by atoms with Gasteiger partial charge in [0.15, 0.2) is 17.5 Å². The molecule has 2 aromatic rings. The number of carboxylic acid groups (broad SMARTS) is 1. The zero-order valence-electron chi connectivity index (χ0n) is 18.7. The molecule has 12 nitrogen and oxygen atoms in total. The van der Waals surface area contributed by atoms with Gasteiger partial charge in [-0.25, -0.2) is 9.59 Å². The van der Waals surface area contributed by atoms with Gasteiger partial charge in [-0.1, -0.05) is 30.3 Å². The highest BCUT2D eigenvalue weighted by Crippen LogP contribution is 2.33. The van der Waals surface area contributed by atoms with Crippen LogP contribution in [-0.2, 0) is 24.0 Å². The van der Waals surface area contributed by atoms with Crippen molar-refractivity contribution in [3.63, 3.8) is 0 Å². The molecule has 2 N–H and O–H groups in total. The number of ether oxygens (including phenoxy) is 2. The molecule has 0 saturated carbocycles. The van der Waals surface area contributed by atoms with Crippen LogP contribution in [-0.4, -0.2) is 58.8 Å². The average Bonchev–Trinajstić information content (AvgIpc) is 2.80. The Morgan fingerprint density at radius 1 is 0.886 bits per heavy atom. The first kappa shape index (κ1) is 24.9. The molecule has 4 amide bonds. The van der Waals surface area contributed by atoms with Crippen molar-refractivity contribution in [3.05, 3.63) is 54.1 Å². The fraction of sp³-hybridized carbons (Fsp3) is 0.217. The summed E-state index contributed by atoms with van der Waals surface area (Å²) in [6.07, 6.45) is 0. The number of hydrogen-bond donors (Lipinski definition) is 2. The first-order valence-corrected chi connectivity index (χ1v) is 10.3. The zero-order chi connectivity index (χ0) is 25.7. The van der Waals surface area contributed by atoms with E-state index in [1.54, 1.807) is 18.2 Å². The van der Waals surface area contributed by atoms with Crippen LogP contribution in [0.4, 0.5) is 10.5 Å². The van der Waals surface area contributed by atoms with Crippen molar-refractivity contribution in [1.82, 2.24) is 10.2 Å². The summed E-state index contributed by atoms with van der Waals surface area (Å²) in [5.41, 5.74) is 0.444. The third-order valence-corrected chi connectivity index (χ3v) is 4.86. The average molecular weight is 483 g/mol. The van der Waals surface area contributed by atoms with Gasteiger partial charge in [0.05, 0.1) is 0 Å². The Morgan fingerprint density at radius 2 is 1.51 bits per heavy atom. The highest BCUT2D eigenvalue weighted by atomic mass is 16.6. The Balaban J connectivity index is 1.78. The smallest absolute Gasteiger partial charge is 0.330 e. The third-order valence-electron chi connectivity index (χ3n) is 4.86. The summed E-state index contributed by atoms with van der Waals surface area (Å²) >= 11 is 0. The molecule has 0 aliphatic carbocycles. The summed E-state index contributed by atoms with van der Waals surface area (Å²) in [6, 6.07) is 9.34. The Bertz CT molecular complexity index is 1200. The van der Waals surface area contributed by atoms with Crippen molar-refractivity contribution >= 4 is 41.4 Å². The van der Waals surface area contributed by atoms with Crippen molar-refractivity contribution < 1.29 is 43.3 Å². The summed E-state index contributed by atoms with van der Waals surface area (Å²) < 4.78 is 10.0. The minimum Gasteiger partial charge on any atom is -0.479 e. The molecule has 1 aliphatic heterocycles. The lowest BCUT2D eigenvalue weighted by atomic mass is 10.1. The van der Waals surface area contributed by atoms with Crippen molar-refractivity contribution in [3.8, 4) is 11.5 Å². The molecule has 0 bridgehead atoms. The van der Waals surface area contributed by atoms with E-state index in [-0.39, 0.29) is 35.8 Å². The quantitative estimate of drug-likeness (QED) is 0.350. The van der Waals surface area contributed by atoms with Crippen LogP contribution in [0.1, 0.15) is 25.5 Å². The number of nitrogens with zero attached hydrogens (tertiary/aromatic N) is 2. The molecular weight excluding hydrogens is 462 g/mol. The van der Waals surface area contributed by atoms with Crippen LogP contribution in [0, 0.1) is 0 Å². The van der Waals surface area contributed by atoms with Crippen LogP contribution in [0.15, 0.2) is 48.5 Å². The summed E-state index contributed by atoms with van der Waals surface area (Å²) in [7, 11) is 0. The maximum Gasteiger partial charge on any atom is 0.330 e. The monoisotopic (exact) mass is 483 g/mol. The molecule has 1 heterocycles. The Kier molecular flexibility index (Phi) is 7.44. The summed E-state index contributed by atoms with van der Waals surface area (Å²) in [5, 5.41) is 11.7. The number of benzene rings is 2. The molecule has 1 aliphatic rings. The minimum absolute atomic E-state index is 0.0612. The highest BCUT2D eigenvalue weighted by Gasteiger charge is 2.38. The number of piperazine rings is 1. The van der Waals surface area contributed by atoms with Gasteiger partial charge in [-0.3, -0.25) is 24.1 Å². The van der Waals surface area contributed by atoms with Gasteiger partial charge >= 0.3 is 35.8 Å². The number of carbonyl (C=O) groups excluding carboxylic acids is 5. The van der Waals surface area contributed by atoms with E-state index >= 15 is 0 Å². The third kappa shape index (κ3) is 5.79. The van der Waals surface area contributed by atoms with E-state index in [1.807, 2.05) is 0 Å². The van der Waals surface area contributed by atoms with Gasteiger partial charge in [-0.15, -0.1) is 0 Å². The molecule has 35 heavy (non-hydrogen) atoms. The number of aliphatic carboxylic acids is 1. The van der Waals surface area contributed by atoms with Gasteiger partial charge in [0.2, 0.25) is 0 Å². The minimum atomic E-state index is -1.43. The molecule has 0 unspecified atom stereocenters. The number of carbonyl (C=O) groups is 6. The molecule has 12 heteroatoms. The van der Waals surface area contributed by atoms with E-state index in [0.717, 1.165) is 18.7 Å².